The van der Waals surface area contributed by atoms with Crippen molar-refractivity contribution in [3.63, 3.8) is 0 Å². The van der Waals surface area contributed by atoms with Crippen LogP contribution in [0.25, 0.3) is 0 Å². The van der Waals surface area contributed by atoms with Crippen molar-refractivity contribution >= 4 is 5.91 Å². The third-order valence-electron chi connectivity index (χ3n) is 4.80. The van der Waals surface area contributed by atoms with Gasteiger partial charge in [0.2, 0.25) is 0 Å². The second-order valence-electron chi connectivity index (χ2n) is 6.41. The van der Waals surface area contributed by atoms with E-state index >= 15 is 0 Å². The molecule has 0 radical (unpaired) electrons. The molecule has 0 aliphatic heterocycles. The summed E-state index contributed by atoms with van der Waals surface area (Å²) in [6.07, 6.45) is 4.68. The van der Waals surface area contributed by atoms with Crippen LogP contribution in [0.15, 0.2) is 18.2 Å². The van der Waals surface area contributed by atoms with E-state index < -0.39 is 0 Å². The number of amides is 1. The van der Waals surface area contributed by atoms with Crippen LogP contribution in [0.5, 0.6) is 11.5 Å². The topological polar surface area (TPSA) is 52.0 Å². The Morgan fingerprint density at radius 3 is 2.61 bits per heavy atom. The van der Waals surface area contributed by atoms with Gasteiger partial charge in [-0.1, -0.05) is 12.8 Å². The van der Waals surface area contributed by atoms with Crippen molar-refractivity contribution in [3.8, 4) is 11.5 Å². The summed E-state index contributed by atoms with van der Waals surface area (Å²) in [5, 5.41) is 3.18. The van der Waals surface area contributed by atoms with E-state index in [0.717, 1.165) is 41.3 Å². The Balaban J connectivity index is 1.97. The summed E-state index contributed by atoms with van der Waals surface area (Å²) >= 11 is 0. The highest BCUT2D eigenvalue weighted by Gasteiger charge is 2.26. The third kappa shape index (κ3) is 4.61. The molecule has 0 saturated heterocycles. The zero-order chi connectivity index (χ0) is 16.8. The van der Waals surface area contributed by atoms with E-state index in [9.17, 15) is 4.79 Å². The molecule has 5 nitrogen and oxygen atoms in total. The van der Waals surface area contributed by atoms with Gasteiger partial charge in [-0.3, -0.25) is 4.79 Å². The van der Waals surface area contributed by atoms with Crippen molar-refractivity contribution in [3.05, 3.63) is 23.8 Å². The fourth-order valence-corrected chi connectivity index (χ4v) is 3.07. The lowest BCUT2D eigenvalue weighted by Crippen LogP contribution is -3.12. The Kier molecular flexibility index (Phi) is 6.28. The third-order valence-corrected chi connectivity index (χ3v) is 4.80. The molecule has 1 fully saturated rings. The van der Waals surface area contributed by atoms with Crippen molar-refractivity contribution in [2.75, 3.05) is 21.3 Å². The predicted octanol–water partition coefficient (Wildman–Crippen LogP) is 1.17. The minimum Gasteiger partial charge on any atom is -0.497 e. The number of quaternary nitrogens is 1. The fourth-order valence-electron chi connectivity index (χ4n) is 3.07. The van der Waals surface area contributed by atoms with Crippen LogP contribution < -0.4 is 19.7 Å². The summed E-state index contributed by atoms with van der Waals surface area (Å²) in [7, 11) is 5.34. The molecule has 0 heterocycles. The Morgan fingerprint density at radius 1 is 1.30 bits per heavy atom. The Hall–Kier alpha value is -1.75. The lowest BCUT2D eigenvalue weighted by atomic mass is 10.1. The molecule has 1 aromatic carbocycles. The summed E-state index contributed by atoms with van der Waals surface area (Å²) in [6, 6.07) is 6.08. The Morgan fingerprint density at radius 2 is 2.00 bits per heavy atom. The first-order chi connectivity index (χ1) is 11.0. The molecule has 1 unspecified atom stereocenters. The average Bonchev–Trinajstić information content (AvgIpc) is 3.07. The van der Waals surface area contributed by atoms with Crippen molar-refractivity contribution in [2.24, 2.45) is 0 Å². The summed E-state index contributed by atoms with van der Waals surface area (Å²) in [4.78, 5) is 13.5. The van der Waals surface area contributed by atoms with Gasteiger partial charge in [-0.15, -0.1) is 0 Å². The van der Waals surface area contributed by atoms with E-state index in [1.54, 1.807) is 14.2 Å². The Labute approximate surface area is 139 Å². The molecule has 1 amide bonds. The van der Waals surface area contributed by atoms with Gasteiger partial charge < -0.3 is 19.7 Å². The van der Waals surface area contributed by atoms with Gasteiger partial charge in [0.1, 0.15) is 18.0 Å². The van der Waals surface area contributed by atoms with Crippen LogP contribution in [-0.4, -0.2) is 39.3 Å². The molecule has 5 heteroatoms. The average molecular weight is 321 g/mol. The molecule has 128 valence electrons. The Bertz CT molecular complexity index is 527. The van der Waals surface area contributed by atoms with E-state index in [4.69, 9.17) is 9.47 Å². The number of benzene rings is 1. The molecule has 1 aromatic rings. The molecule has 1 aliphatic rings. The van der Waals surface area contributed by atoms with Crippen LogP contribution in [0, 0.1) is 0 Å². The molecular formula is C18H29N2O3+. The van der Waals surface area contributed by atoms with Crippen molar-refractivity contribution in [1.29, 1.82) is 0 Å². The first-order valence-electron chi connectivity index (χ1n) is 8.38. The first-order valence-corrected chi connectivity index (χ1v) is 8.38. The quantitative estimate of drug-likeness (QED) is 0.792. The van der Waals surface area contributed by atoms with Crippen molar-refractivity contribution in [2.45, 2.75) is 51.2 Å². The minimum atomic E-state index is -0.0950. The number of rotatable bonds is 7. The highest BCUT2D eigenvalue weighted by Crippen LogP contribution is 2.23. The van der Waals surface area contributed by atoms with Gasteiger partial charge in [0.05, 0.1) is 21.3 Å². The van der Waals surface area contributed by atoms with Gasteiger partial charge in [0.15, 0.2) is 6.04 Å². The van der Waals surface area contributed by atoms with Crippen LogP contribution in [0.4, 0.5) is 0 Å². The lowest BCUT2D eigenvalue weighted by molar-refractivity contribution is -0.908. The van der Waals surface area contributed by atoms with Crippen LogP contribution in [0.2, 0.25) is 0 Å². The minimum absolute atomic E-state index is 0.0950. The molecule has 0 aromatic heterocycles. The van der Waals surface area contributed by atoms with E-state index in [0.29, 0.717) is 6.04 Å². The van der Waals surface area contributed by atoms with Crippen LogP contribution >= 0.6 is 0 Å². The molecule has 2 N–H and O–H groups in total. The standard InChI is InChI=1S/C18H28N2O3/c1-13(18(21)19-15-7-5-6-8-15)20(2)12-14-9-10-16(22-3)11-17(14)23-4/h9-11,13,15H,5-8,12H2,1-4H3,(H,19,21)/p+1/t13-/m1/s1. The maximum Gasteiger partial charge on any atom is 0.278 e. The maximum atomic E-state index is 12.4. The zero-order valence-electron chi connectivity index (χ0n) is 14.6. The number of likely N-dealkylation sites (N-methyl/N-ethyl adjacent to an activating group) is 1. The normalized spacial score (nSPS) is 17.6. The highest BCUT2D eigenvalue weighted by molar-refractivity contribution is 5.80. The van der Waals surface area contributed by atoms with Gasteiger partial charge >= 0.3 is 0 Å². The maximum absolute atomic E-state index is 12.4. The second-order valence-corrected chi connectivity index (χ2v) is 6.41. The summed E-state index contributed by atoms with van der Waals surface area (Å²) < 4.78 is 10.7. The molecule has 0 bridgehead atoms. The largest absolute Gasteiger partial charge is 0.497 e. The second kappa shape index (κ2) is 8.20. The van der Waals surface area contributed by atoms with Gasteiger partial charge in [0.25, 0.3) is 5.91 Å². The number of carbonyl (C=O) groups is 1. The molecule has 0 spiro atoms. The molecule has 2 atom stereocenters. The lowest BCUT2D eigenvalue weighted by Gasteiger charge is -2.23. The number of nitrogens with one attached hydrogen (secondary N) is 2. The monoisotopic (exact) mass is 321 g/mol. The SMILES string of the molecule is COc1ccc(C[NH+](C)[C@H](C)C(=O)NC2CCCC2)c(OC)c1. The van der Waals surface area contributed by atoms with E-state index in [2.05, 4.69) is 5.32 Å². The fraction of sp³-hybridized carbons (Fsp3) is 0.611. The number of carbonyl (C=O) groups excluding carboxylic acids is 1. The highest BCUT2D eigenvalue weighted by atomic mass is 16.5. The van der Waals surface area contributed by atoms with Gasteiger partial charge in [0, 0.05) is 17.7 Å². The molecule has 1 aliphatic carbocycles. The predicted molar refractivity (Wildman–Crippen MR) is 90.0 cm³/mol. The van der Waals surface area contributed by atoms with Gasteiger partial charge in [-0.25, -0.2) is 0 Å². The van der Waals surface area contributed by atoms with Crippen LogP contribution in [0.1, 0.15) is 38.2 Å². The molecule has 1 saturated carbocycles. The van der Waals surface area contributed by atoms with Crippen LogP contribution in [0.3, 0.4) is 0 Å². The molecular weight excluding hydrogens is 292 g/mol. The van der Waals surface area contributed by atoms with Gasteiger partial charge in [-0.05, 0) is 31.9 Å². The summed E-state index contributed by atoms with van der Waals surface area (Å²) in [5.74, 6) is 1.71. The number of ether oxygens (including phenoxy) is 2. The number of methoxy groups -OCH3 is 2. The van der Waals surface area contributed by atoms with Gasteiger partial charge in [-0.2, -0.15) is 0 Å². The smallest absolute Gasteiger partial charge is 0.278 e. The first kappa shape index (κ1) is 17.6. The van der Waals surface area contributed by atoms with E-state index in [1.807, 2.05) is 32.2 Å². The number of hydrogen-bond donors (Lipinski definition) is 2. The van der Waals surface area contributed by atoms with E-state index in [1.165, 1.54) is 12.8 Å². The summed E-state index contributed by atoms with van der Waals surface area (Å²) in [6.45, 7) is 2.71. The van der Waals surface area contributed by atoms with Crippen molar-refractivity contribution in [1.82, 2.24) is 5.32 Å². The van der Waals surface area contributed by atoms with Crippen molar-refractivity contribution < 1.29 is 19.2 Å². The zero-order valence-corrected chi connectivity index (χ0v) is 14.6. The molecule has 2 rings (SSSR count). The van der Waals surface area contributed by atoms with Crippen LogP contribution in [-0.2, 0) is 11.3 Å². The molecule has 23 heavy (non-hydrogen) atoms. The van der Waals surface area contributed by atoms with E-state index in [-0.39, 0.29) is 11.9 Å². The number of hydrogen-bond acceptors (Lipinski definition) is 3. The summed E-state index contributed by atoms with van der Waals surface area (Å²) in [5.41, 5.74) is 1.08.